The molecule has 0 aliphatic rings. The zero-order valence-corrected chi connectivity index (χ0v) is 26.1. The highest BCUT2D eigenvalue weighted by Crippen LogP contribution is 2.42. The average Bonchev–Trinajstić information content (AvgIpc) is 2.84. The van der Waals surface area contributed by atoms with E-state index in [1.165, 1.54) is 0 Å². The lowest BCUT2D eigenvalue weighted by Gasteiger charge is -2.17. The molecule has 0 saturated carbocycles. The van der Waals surface area contributed by atoms with Gasteiger partial charge >= 0.3 is 0 Å². The van der Waals surface area contributed by atoms with Gasteiger partial charge < -0.3 is 14.6 Å². The van der Waals surface area contributed by atoms with Gasteiger partial charge in [-0.15, -0.1) is 0 Å². The number of rotatable bonds is 6. The summed E-state index contributed by atoms with van der Waals surface area (Å²) >= 11 is 4.41. The minimum atomic E-state index is 0.232. The first-order valence-corrected chi connectivity index (χ1v) is 14.0. The Hall–Kier alpha value is -2.59. The molecule has 0 amide bonds. The van der Waals surface area contributed by atoms with Crippen LogP contribution in [0.2, 0.25) is 0 Å². The maximum atomic E-state index is 10.7. The fourth-order valence-corrected chi connectivity index (χ4v) is 6.71. The monoisotopic (exact) mass is 717 g/mol. The van der Waals surface area contributed by atoms with Crippen molar-refractivity contribution in [2.24, 2.45) is 4.99 Å². The highest BCUT2D eigenvalue weighted by atomic mass is 127. The van der Waals surface area contributed by atoms with Gasteiger partial charge in [0.25, 0.3) is 0 Å². The van der Waals surface area contributed by atoms with E-state index in [4.69, 9.17) is 14.5 Å². The molecule has 37 heavy (non-hydrogen) atoms. The van der Waals surface area contributed by atoms with Crippen molar-refractivity contribution in [2.75, 3.05) is 14.2 Å². The number of para-hydroxylation sites is 1. The number of hydrogen-bond donors (Lipinski definition) is 1. The quantitative estimate of drug-likeness (QED) is 0.160. The van der Waals surface area contributed by atoms with Crippen molar-refractivity contribution in [1.29, 1.82) is 0 Å². The van der Waals surface area contributed by atoms with Crippen molar-refractivity contribution in [3.63, 3.8) is 0 Å². The van der Waals surface area contributed by atoms with E-state index in [-0.39, 0.29) is 5.75 Å². The smallest absolute Gasteiger partial charge is 0.137 e. The lowest BCUT2D eigenvalue weighted by Crippen LogP contribution is -1.95. The SMILES string of the molecule is COc1c(C)cc(-c2cccc(-c3cc(C)c(OC)c(C)c3)c2N=Cc2cc(I)cc(I)c2O)cc1C. The van der Waals surface area contributed by atoms with Crippen LogP contribution in [0.4, 0.5) is 5.69 Å². The number of ether oxygens (including phenoxy) is 2. The molecular weight excluding hydrogens is 688 g/mol. The third-order valence-electron chi connectivity index (χ3n) is 6.38. The highest BCUT2D eigenvalue weighted by Gasteiger charge is 2.16. The summed E-state index contributed by atoms with van der Waals surface area (Å²) in [7, 11) is 3.41. The zero-order valence-electron chi connectivity index (χ0n) is 21.7. The number of benzene rings is 4. The van der Waals surface area contributed by atoms with Gasteiger partial charge in [0.05, 0.1) is 23.5 Å². The van der Waals surface area contributed by atoms with Gasteiger partial charge in [-0.3, -0.25) is 4.99 Å². The lowest BCUT2D eigenvalue weighted by molar-refractivity contribution is 0.408. The predicted octanol–water partition coefficient (Wildman–Crippen LogP) is 8.94. The molecule has 0 aromatic heterocycles. The largest absolute Gasteiger partial charge is 0.506 e. The van der Waals surface area contributed by atoms with Crippen LogP contribution in [0.3, 0.4) is 0 Å². The first-order chi connectivity index (χ1) is 17.6. The predicted molar refractivity (Wildman–Crippen MR) is 170 cm³/mol. The summed E-state index contributed by atoms with van der Waals surface area (Å²) < 4.78 is 13.0. The zero-order chi connectivity index (χ0) is 26.9. The van der Waals surface area contributed by atoms with E-state index < -0.39 is 0 Å². The standard InChI is InChI=1S/C31H29I2NO3/c1-17-10-21(11-18(2)30(17)36-5)25-8-7-9-26(22-12-19(3)31(37-6)20(4)13-22)28(25)34-16-23-14-24(32)15-27(33)29(23)35/h7-16,35H,1-6H3. The van der Waals surface area contributed by atoms with Crippen molar-refractivity contribution >= 4 is 57.1 Å². The van der Waals surface area contributed by atoms with Crippen LogP contribution in [0.1, 0.15) is 27.8 Å². The Morgan fingerprint density at radius 3 is 1.62 bits per heavy atom. The first kappa shape index (κ1) is 27.4. The second-order valence-electron chi connectivity index (χ2n) is 9.07. The topological polar surface area (TPSA) is 51.0 Å². The van der Waals surface area contributed by atoms with Gasteiger partial charge in [-0.05, 0) is 143 Å². The number of aromatic hydroxyl groups is 1. The van der Waals surface area contributed by atoms with Crippen LogP contribution >= 0.6 is 45.2 Å². The summed E-state index contributed by atoms with van der Waals surface area (Å²) in [4.78, 5) is 5.02. The minimum absolute atomic E-state index is 0.232. The summed E-state index contributed by atoms with van der Waals surface area (Å²) in [6, 6.07) is 18.7. The van der Waals surface area contributed by atoms with E-state index in [9.17, 15) is 5.11 Å². The van der Waals surface area contributed by atoms with E-state index >= 15 is 0 Å². The molecule has 0 saturated heterocycles. The minimum Gasteiger partial charge on any atom is -0.506 e. The molecule has 0 bridgehead atoms. The lowest BCUT2D eigenvalue weighted by atomic mass is 9.92. The molecule has 4 rings (SSSR count). The Balaban J connectivity index is 1.99. The van der Waals surface area contributed by atoms with Crippen LogP contribution < -0.4 is 9.47 Å². The number of nitrogens with zero attached hydrogens (tertiary/aromatic N) is 1. The molecule has 0 aliphatic heterocycles. The van der Waals surface area contributed by atoms with Gasteiger partial charge in [0.2, 0.25) is 0 Å². The van der Waals surface area contributed by atoms with Crippen molar-refractivity contribution in [2.45, 2.75) is 27.7 Å². The Kier molecular flexibility index (Phi) is 8.48. The van der Waals surface area contributed by atoms with Crippen LogP contribution in [-0.4, -0.2) is 25.5 Å². The number of hydrogen-bond acceptors (Lipinski definition) is 4. The van der Waals surface area contributed by atoms with E-state index in [0.29, 0.717) is 5.56 Å². The molecule has 0 unspecified atom stereocenters. The van der Waals surface area contributed by atoms with E-state index in [1.807, 2.05) is 12.1 Å². The highest BCUT2D eigenvalue weighted by molar-refractivity contribution is 14.1. The summed E-state index contributed by atoms with van der Waals surface area (Å²) in [5, 5.41) is 10.7. The van der Waals surface area contributed by atoms with Gasteiger partial charge in [-0.2, -0.15) is 0 Å². The third kappa shape index (κ3) is 5.65. The van der Waals surface area contributed by atoms with Gasteiger partial charge in [0.1, 0.15) is 17.2 Å². The Morgan fingerprint density at radius 2 is 1.19 bits per heavy atom. The fraction of sp³-hybridized carbons (Fsp3) is 0.194. The second-order valence-corrected chi connectivity index (χ2v) is 11.5. The van der Waals surface area contributed by atoms with Crippen molar-refractivity contribution in [3.05, 3.63) is 89.6 Å². The summed E-state index contributed by atoms with van der Waals surface area (Å²) in [6.45, 7) is 8.24. The van der Waals surface area contributed by atoms with Gasteiger partial charge in [0, 0.05) is 26.5 Å². The van der Waals surface area contributed by atoms with Crippen LogP contribution in [0.5, 0.6) is 17.2 Å². The van der Waals surface area contributed by atoms with Crippen molar-refractivity contribution in [3.8, 4) is 39.5 Å². The first-order valence-electron chi connectivity index (χ1n) is 11.8. The van der Waals surface area contributed by atoms with E-state index in [0.717, 1.165) is 68.8 Å². The molecule has 4 aromatic carbocycles. The molecule has 4 nitrogen and oxygen atoms in total. The maximum absolute atomic E-state index is 10.7. The average molecular weight is 717 g/mol. The number of halogens is 2. The molecule has 4 aromatic rings. The molecule has 0 radical (unpaired) electrons. The number of phenolic OH excluding ortho intramolecular Hbond substituents is 1. The molecule has 6 heteroatoms. The van der Waals surface area contributed by atoms with Crippen LogP contribution in [0.15, 0.2) is 59.6 Å². The number of methoxy groups -OCH3 is 2. The number of phenols is 1. The van der Waals surface area contributed by atoms with Crippen LogP contribution in [-0.2, 0) is 0 Å². The van der Waals surface area contributed by atoms with Crippen molar-refractivity contribution < 1.29 is 14.6 Å². The Morgan fingerprint density at radius 1 is 0.730 bits per heavy atom. The van der Waals surface area contributed by atoms with E-state index in [1.54, 1.807) is 20.4 Å². The molecule has 1 N–H and O–H groups in total. The van der Waals surface area contributed by atoms with Crippen LogP contribution in [0, 0.1) is 34.8 Å². The van der Waals surface area contributed by atoms with E-state index in [2.05, 4.69) is 115 Å². The van der Waals surface area contributed by atoms with Crippen LogP contribution in [0.25, 0.3) is 22.3 Å². The summed E-state index contributed by atoms with van der Waals surface area (Å²) in [5.74, 6) is 2.02. The fourth-order valence-electron chi connectivity index (χ4n) is 4.82. The van der Waals surface area contributed by atoms with Gasteiger partial charge in [-0.1, -0.05) is 18.2 Å². The summed E-state index contributed by atoms with van der Waals surface area (Å²) in [5.41, 5.74) is 9.93. The second kappa shape index (κ2) is 11.4. The molecule has 0 heterocycles. The van der Waals surface area contributed by atoms with Crippen molar-refractivity contribution in [1.82, 2.24) is 0 Å². The van der Waals surface area contributed by atoms with Gasteiger partial charge in [-0.25, -0.2) is 0 Å². The molecule has 0 atom stereocenters. The van der Waals surface area contributed by atoms with Gasteiger partial charge in [0.15, 0.2) is 0 Å². The molecule has 0 spiro atoms. The maximum Gasteiger partial charge on any atom is 0.137 e. The molecule has 190 valence electrons. The number of aryl methyl sites for hydroxylation is 4. The summed E-state index contributed by atoms with van der Waals surface area (Å²) in [6.07, 6.45) is 1.76. The molecular formula is C31H29I2NO3. The Labute approximate surface area is 246 Å². The Bertz CT molecular complexity index is 1400. The third-order valence-corrected chi connectivity index (χ3v) is 7.82. The molecule has 0 fully saturated rings. The number of aliphatic imine (C=N–C) groups is 1. The normalized spacial score (nSPS) is 11.2. The molecule has 0 aliphatic carbocycles.